The van der Waals surface area contributed by atoms with Crippen LogP contribution in [0.3, 0.4) is 0 Å². The van der Waals surface area contributed by atoms with E-state index in [-0.39, 0.29) is 18.1 Å². The van der Waals surface area contributed by atoms with Gasteiger partial charge in [-0.25, -0.2) is 4.79 Å². The Kier molecular flexibility index (Phi) is 5.76. The molecular weight excluding hydrogens is 344 g/mol. The molecule has 0 spiro atoms. The molecule has 6 nitrogen and oxygen atoms in total. The highest BCUT2D eigenvalue weighted by molar-refractivity contribution is 6.13. The second-order valence-corrected chi connectivity index (χ2v) is 5.94. The molecule has 1 aliphatic heterocycles. The van der Waals surface area contributed by atoms with Crippen molar-refractivity contribution in [3.63, 3.8) is 0 Å². The van der Waals surface area contributed by atoms with Crippen molar-refractivity contribution in [2.45, 2.75) is 20.4 Å². The molecule has 0 radical (unpaired) electrons. The average molecular weight is 366 g/mol. The first-order valence-corrected chi connectivity index (χ1v) is 8.90. The molecule has 1 N–H and O–H groups in total. The number of imide groups is 1. The molecule has 3 amide bonds. The summed E-state index contributed by atoms with van der Waals surface area (Å²) in [6, 6.07) is 14.4. The van der Waals surface area contributed by atoms with E-state index in [1.165, 1.54) is 4.90 Å². The molecule has 0 aliphatic carbocycles. The van der Waals surface area contributed by atoms with E-state index in [9.17, 15) is 9.59 Å². The summed E-state index contributed by atoms with van der Waals surface area (Å²) in [5.74, 6) is 0.899. The highest BCUT2D eigenvalue weighted by Crippen LogP contribution is 2.29. The van der Waals surface area contributed by atoms with Crippen LogP contribution in [-0.2, 0) is 11.3 Å². The lowest BCUT2D eigenvalue weighted by molar-refractivity contribution is -0.123. The van der Waals surface area contributed by atoms with Gasteiger partial charge in [0.05, 0.1) is 19.8 Å². The van der Waals surface area contributed by atoms with Crippen molar-refractivity contribution in [2.75, 3.05) is 13.2 Å². The quantitative estimate of drug-likeness (QED) is 0.601. The molecule has 27 heavy (non-hydrogen) atoms. The lowest BCUT2D eigenvalue weighted by Crippen LogP contribution is -2.30. The smallest absolute Gasteiger partial charge is 0.329 e. The Labute approximate surface area is 158 Å². The van der Waals surface area contributed by atoms with Crippen LogP contribution >= 0.6 is 0 Å². The lowest BCUT2D eigenvalue weighted by Gasteiger charge is -2.12. The zero-order chi connectivity index (χ0) is 19.2. The number of rotatable bonds is 7. The van der Waals surface area contributed by atoms with Crippen LogP contribution in [-0.4, -0.2) is 30.1 Å². The molecule has 0 unspecified atom stereocenters. The topological polar surface area (TPSA) is 67.9 Å². The van der Waals surface area contributed by atoms with Gasteiger partial charge in [-0.2, -0.15) is 0 Å². The Morgan fingerprint density at radius 2 is 1.67 bits per heavy atom. The normalized spacial score (nSPS) is 15.2. The molecule has 1 heterocycles. The van der Waals surface area contributed by atoms with Crippen molar-refractivity contribution in [3.05, 3.63) is 65.4 Å². The number of hydrogen-bond acceptors (Lipinski definition) is 4. The molecule has 1 fully saturated rings. The van der Waals surface area contributed by atoms with Gasteiger partial charge in [0, 0.05) is 0 Å². The summed E-state index contributed by atoms with van der Waals surface area (Å²) >= 11 is 0. The second kappa shape index (κ2) is 8.40. The van der Waals surface area contributed by atoms with Crippen LogP contribution in [0.15, 0.2) is 54.2 Å². The summed E-state index contributed by atoms with van der Waals surface area (Å²) < 4.78 is 11.2. The van der Waals surface area contributed by atoms with E-state index in [0.29, 0.717) is 24.7 Å². The molecule has 0 atom stereocenters. The first-order chi connectivity index (χ1) is 13.1. The number of benzene rings is 2. The molecule has 1 aliphatic rings. The lowest BCUT2D eigenvalue weighted by atomic mass is 10.1. The predicted octanol–water partition coefficient (Wildman–Crippen LogP) is 3.58. The summed E-state index contributed by atoms with van der Waals surface area (Å²) in [5.41, 5.74) is 1.87. The molecular formula is C21H22N2O4. The zero-order valence-electron chi connectivity index (χ0n) is 15.4. The minimum atomic E-state index is -0.425. The fraction of sp³-hybridized carbons (Fsp3) is 0.238. The summed E-state index contributed by atoms with van der Waals surface area (Å²) in [7, 11) is 0. The Bertz CT molecular complexity index is 862. The molecule has 1 saturated heterocycles. The number of hydrogen-bond donors (Lipinski definition) is 1. The third-order valence-electron chi connectivity index (χ3n) is 4.02. The first kappa shape index (κ1) is 18.5. The number of urea groups is 1. The van der Waals surface area contributed by atoms with Crippen LogP contribution in [0.5, 0.6) is 11.5 Å². The molecule has 0 saturated carbocycles. The zero-order valence-corrected chi connectivity index (χ0v) is 15.4. The minimum Gasteiger partial charge on any atom is -0.490 e. The van der Waals surface area contributed by atoms with Gasteiger partial charge in [-0.1, -0.05) is 36.4 Å². The van der Waals surface area contributed by atoms with Crippen molar-refractivity contribution < 1.29 is 19.1 Å². The molecule has 6 heteroatoms. The fourth-order valence-electron chi connectivity index (χ4n) is 2.81. The number of carbonyl (C=O) groups excluding carboxylic acids is 2. The van der Waals surface area contributed by atoms with Gasteiger partial charge < -0.3 is 14.8 Å². The van der Waals surface area contributed by atoms with Gasteiger partial charge in [0.2, 0.25) is 0 Å². The highest BCUT2D eigenvalue weighted by Gasteiger charge is 2.33. The maximum Gasteiger partial charge on any atom is 0.329 e. The van der Waals surface area contributed by atoms with Crippen LogP contribution in [0.1, 0.15) is 25.0 Å². The van der Waals surface area contributed by atoms with Gasteiger partial charge in [-0.3, -0.25) is 9.69 Å². The Balaban J connectivity index is 1.82. The third-order valence-corrected chi connectivity index (χ3v) is 4.02. The number of nitrogens with zero attached hydrogens (tertiary/aromatic N) is 1. The summed E-state index contributed by atoms with van der Waals surface area (Å²) in [4.78, 5) is 26.0. The monoisotopic (exact) mass is 366 g/mol. The van der Waals surface area contributed by atoms with E-state index in [1.54, 1.807) is 18.2 Å². The van der Waals surface area contributed by atoms with Crippen LogP contribution in [0, 0.1) is 0 Å². The van der Waals surface area contributed by atoms with Crippen molar-refractivity contribution in [2.24, 2.45) is 0 Å². The largest absolute Gasteiger partial charge is 0.490 e. The number of carbonyl (C=O) groups is 2. The van der Waals surface area contributed by atoms with E-state index in [2.05, 4.69) is 5.32 Å². The highest BCUT2D eigenvalue weighted by atomic mass is 16.5. The standard InChI is InChI=1S/C21H22N2O4/c1-3-26-18-11-10-16(13-19(18)27-4-2)12-17-20(24)23(21(25)22-17)14-15-8-6-5-7-9-15/h5-13H,3-4,14H2,1-2H3,(H,22,25)/b17-12+. The van der Waals surface area contributed by atoms with Crippen molar-refractivity contribution in [3.8, 4) is 11.5 Å². The molecule has 2 aromatic rings. The first-order valence-electron chi connectivity index (χ1n) is 8.90. The Morgan fingerprint density at radius 1 is 0.963 bits per heavy atom. The second-order valence-electron chi connectivity index (χ2n) is 5.94. The van der Waals surface area contributed by atoms with Crippen molar-refractivity contribution in [1.82, 2.24) is 10.2 Å². The Hall–Kier alpha value is -3.28. The van der Waals surface area contributed by atoms with E-state index in [0.717, 1.165) is 11.1 Å². The van der Waals surface area contributed by atoms with Gasteiger partial charge in [-0.15, -0.1) is 0 Å². The molecule has 0 aromatic heterocycles. The minimum absolute atomic E-state index is 0.232. The van der Waals surface area contributed by atoms with Crippen LogP contribution in [0.2, 0.25) is 0 Å². The van der Waals surface area contributed by atoms with E-state index in [1.807, 2.05) is 50.2 Å². The fourth-order valence-corrected chi connectivity index (χ4v) is 2.81. The van der Waals surface area contributed by atoms with Gasteiger partial charge in [0.25, 0.3) is 5.91 Å². The van der Waals surface area contributed by atoms with Gasteiger partial charge in [0.15, 0.2) is 11.5 Å². The SMILES string of the molecule is CCOc1ccc(/C=C2/NC(=O)N(Cc3ccccc3)C2=O)cc1OCC. The van der Waals surface area contributed by atoms with Crippen LogP contribution in [0.4, 0.5) is 4.79 Å². The Morgan fingerprint density at radius 3 is 2.37 bits per heavy atom. The van der Waals surface area contributed by atoms with E-state index < -0.39 is 6.03 Å². The van der Waals surface area contributed by atoms with Crippen LogP contribution in [0.25, 0.3) is 6.08 Å². The third kappa shape index (κ3) is 4.28. The van der Waals surface area contributed by atoms with Gasteiger partial charge in [0.1, 0.15) is 5.70 Å². The molecule has 0 bridgehead atoms. The summed E-state index contributed by atoms with van der Waals surface area (Å²) in [6.45, 7) is 5.06. The maximum atomic E-state index is 12.6. The van der Waals surface area contributed by atoms with Gasteiger partial charge >= 0.3 is 6.03 Å². The van der Waals surface area contributed by atoms with Gasteiger partial charge in [-0.05, 0) is 43.2 Å². The van der Waals surface area contributed by atoms with Crippen molar-refractivity contribution >= 4 is 18.0 Å². The number of nitrogens with one attached hydrogen (secondary N) is 1. The maximum absolute atomic E-state index is 12.6. The van der Waals surface area contributed by atoms with E-state index >= 15 is 0 Å². The van der Waals surface area contributed by atoms with Crippen molar-refractivity contribution in [1.29, 1.82) is 0 Å². The number of ether oxygens (including phenoxy) is 2. The molecule has 2 aromatic carbocycles. The molecule has 140 valence electrons. The van der Waals surface area contributed by atoms with E-state index in [4.69, 9.17) is 9.47 Å². The predicted molar refractivity (Wildman–Crippen MR) is 102 cm³/mol. The summed E-state index contributed by atoms with van der Waals surface area (Å²) in [6.07, 6.45) is 1.64. The summed E-state index contributed by atoms with van der Waals surface area (Å²) in [5, 5.41) is 2.64. The molecule has 3 rings (SSSR count). The average Bonchev–Trinajstić information content (AvgIpc) is 2.92. The number of amides is 3. The van der Waals surface area contributed by atoms with Crippen LogP contribution < -0.4 is 14.8 Å².